The zero-order valence-corrected chi connectivity index (χ0v) is 14.7. The van der Waals surface area contributed by atoms with E-state index in [4.69, 9.17) is 9.47 Å². The lowest BCUT2D eigenvalue weighted by molar-refractivity contribution is -0.383. The number of nitro groups is 1. The molecular formula is C18H17N5O4. The van der Waals surface area contributed by atoms with E-state index < -0.39 is 4.92 Å². The molecule has 0 fully saturated rings. The molecule has 1 heterocycles. The summed E-state index contributed by atoms with van der Waals surface area (Å²) in [5.41, 5.74) is 0.861. The zero-order chi connectivity index (χ0) is 19.2. The van der Waals surface area contributed by atoms with Crippen molar-refractivity contribution in [1.29, 1.82) is 0 Å². The number of para-hydroxylation sites is 2. The molecule has 1 aromatic heterocycles. The Kier molecular flexibility index (Phi) is 5.31. The number of benzene rings is 2. The molecule has 0 unspecified atom stereocenters. The first kappa shape index (κ1) is 17.9. The van der Waals surface area contributed by atoms with Crippen molar-refractivity contribution in [3.63, 3.8) is 0 Å². The summed E-state index contributed by atoms with van der Waals surface area (Å²) >= 11 is 0. The van der Waals surface area contributed by atoms with Gasteiger partial charge in [-0.2, -0.15) is 0 Å². The highest BCUT2D eigenvalue weighted by atomic mass is 16.6. The molecule has 0 saturated heterocycles. The third-order valence-electron chi connectivity index (χ3n) is 3.70. The van der Waals surface area contributed by atoms with E-state index in [0.717, 1.165) is 0 Å². The van der Waals surface area contributed by atoms with Gasteiger partial charge in [0, 0.05) is 11.8 Å². The lowest BCUT2D eigenvalue weighted by Crippen LogP contribution is -2.06. The number of ether oxygens (including phenoxy) is 2. The van der Waals surface area contributed by atoms with Crippen LogP contribution >= 0.6 is 0 Å². The van der Waals surface area contributed by atoms with Crippen LogP contribution in [-0.2, 0) is 0 Å². The van der Waals surface area contributed by atoms with Crippen molar-refractivity contribution in [2.75, 3.05) is 24.9 Å². The molecule has 0 bridgehead atoms. The van der Waals surface area contributed by atoms with E-state index in [9.17, 15) is 10.1 Å². The van der Waals surface area contributed by atoms with E-state index in [0.29, 0.717) is 22.9 Å². The lowest BCUT2D eigenvalue weighted by atomic mass is 10.2. The van der Waals surface area contributed by atoms with Crippen LogP contribution in [0.25, 0.3) is 0 Å². The van der Waals surface area contributed by atoms with Gasteiger partial charge in [0.25, 0.3) is 0 Å². The molecule has 0 aliphatic rings. The largest absolute Gasteiger partial charge is 0.497 e. The second kappa shape index (κ2) is 8.00. The molecule has 2 N–H and O–H groups in total. The van der Waals surface area contributed by atoms with Crippen LogP contribution in [0.2, 0.25) is 0 Å². The fraction of sp³-hybridized carbons (Fsp3) is 0.111. The molecule has 138 valence electrons. The highest BCUT2D eigenvalue weighted by molar-refractivity contribution is 5.78. The molecule has 3 aromatic rings. The molecule has 0 aliphatic heterocycles. The molecule has 0 amide bonds. The van der Waals surface area contributed by atoms with Gasteiger partial charge in [0.05, 0.1) is 24.8 Å². The van der Waals surface area contributed by atoms with Gasteiger partial charge < -0.3 is 20.1 Å². The molecule has 0 radical (unpaired) electrons. The minimum atomic E-state index is -0.541. The monoisotopic (exact) mass is 367 g/mol. The summed E-state index contributed by atoms with van der Waals surface area (Å²) in [7, 11) is 3.06. The Bertz CT molecular complexity index is 964. The number of rotatable bonds is 7. The normalized spacial score (nSPS) is 10.1. The van der Waals surface area contributed by atoms with Crippen molar-refractivity contribution < 1.29 is 14.4 Å². The van der Waals surface area contributed by atoms with Gasteiger partial charge in [-0.25, -0.2) is 9.97 Å². The van der Waals surface area contributed by atoms with Crippen molar-refractivity contribution in [3.05, 3.63) is 65.0 Å². The van der Waals surface area contributed by atoms with Gasteiger partial charge >= 0.3 is 5.69 Å². The minimum Gasteiger partial charge on any atom is -0.497 e. The van der Waals surface area contributed by atoms with Gasteiger partial charge in [-0.1, -0.05) is 18.2 Å². The standard InChI is InChI=1S/C18H17N5O4/c1-26-13-7-5-6-12(10-13)21-17-16(23(24)25)18(20-11-19-17)22-14-8-3-4-9-15(14)27-2/h3-11H,1-2H3,(H2,19,20,21,22). The fourth-order valence-corrected chi connectivity index (χ4v) is 2.45. The van der Waals surface area contributed by atoms with Gasteiger partial charge in [0.15, 0.2) is 0 Å². The third kappa shape index (κ3) is 4.03. The first-order valence-corrected chi connectivity index (χ1v) is 7.93. The van der Waals surface area contributed by atoms with Crippen LogP contribution in [0.5, 0.6) is 11.5 Å². The SMILES string of the molecule is COc1cccc(Nc2ncnc(Nc3ccccc3OC)c2[N+](=O)[O-])c1. The minimum absolute atomic E-state index is 0.0462. The van der Waals surface area contributed by atoms with E-state index in [2.05, 4.69) is 20.6 Å². The molecule has 0 atom stereocenters. The summed E-state index contributed by atoms with van der Waals surface area (Å²) in [5, 5.41) is 17.6. The van der Waals surface area contributed by atoms with Gasteiger partial charge in [-0.3, -0.25) is 10.1 Å². The van der Waals surface area contributed by atoms with Crippen molar-refractivity contribution in [3.8, 4) is 11.5 Å². The first-order chi connectivity index (χ1) is 13.1. The maximum Gasteiger partial charge on any atom is 0.353 e. The smallest absolute Gasteiger partial charge is 0.353 e. The predicted octanol–water partition coefficient (Wildman–Crippen LogP) is 3.89. The average molecular weight is 367 g/mol. The molecular weight excluding hydrogens is 350 g/mol. The quantitative estimate of drug-likeness (QED) is 0.478. The number of nitrogens with one attached hydrogen (secondary N) is 2. The summed E-state index contributed by atoms with van der Waals surface area (Å²) in [5.74, 6) is 1.25. The maximum atomic E-state index is 11.7. The molecule has 0 spiro atoms. The van der Waals surface area contributed by atoms with Crippen LogP contribution in [-0.4, -0.2) is 29.1 Å². The van der Waals surface area contributed by atoms with Gasteiger partial charge in [-0.15, -0.1) is 0 Å². The molecule has 9 heteroatoms. The number of aromatic nitrogens is 2. The van der Waals surface area contributed by atoms with Gasteiger partial charge in [-0.05, 0) is 24.3 Å². The molecule has 2 aromatic carbocycles. The van der Waals surface area contributed by atoms with E-state index in [1.807, 2.05) is 0 Å². The molecule has 9 nitrogen and oxygen atoms in total. The summed E-state index contributed by atoms with van der Waals surface area (Å²) in [6.45, 7) is 0. The van der Waals surface area contributed by atoms with Crippen molar-refractivity contribution in [1.82, 2.24) is 9.97 Å². The average Bonchev–Trinajstić information content (AvgIpc) is 2.68. The highest BCUT2D eigenvalue weighted by Gasteiger charge is 2.24. The van der Waals surface area contributed by atoms with Crippen LogP contribution in [0.15, 0.2) is 54.9 Å². The second-order valence-electron chi connectivity index (χ2n) is 5.36. The Labute approximate surface area is 155 Å². The van der Waals surface area contributed by atoms with Crippen LogP contribution in [0, 0.1) is 10.1 Å². The molecule has 0 saturated carbocycles. The van der Waals surface area contributed by atoms with E-state index >= 15 is 0 Å². The van der Waals surface area contributed by atoms with Crippen molar-refractivity contribution >= 4 is 28.7 Å². The summed E-state index contributed by atoms with van der Waals surface area (Å²) < 4.78 is 10.4. The number of nitrogens with zero attached hydrogens (tertiary/aromatic N) is 3. The zero-order valence-electron chi connectivity index (χ0n) is 14.7. The number of methoxy groups -OCH3 is 2. The third-order valence-corrected chi connectivity index (χ3v) is 3.70. The van der Waals surface area contributed by atoms with Crippen LogP contribution < -0.4 is 20.1 Å². The second-order valence-corrected chi connectivity index (χ2v) is 5.36. The Hall–Kier alpha value is -3.88. The molecule has 3 rings (SSSR count). The Balaban J connectivity index is 1.98. The summed E-state index contributed by atoms with van der Waals surface area (Å²) in [4.78, 5) is 19.2. The maximum absolute atomic E-state index is 11.7. The number of hydrogen-bond acceptors (Lipinski definition) is 8. The number of anilines is 4. The highest BCUT2D eigenvalue weighted by Crippen LogP contribution is 2.35. The van der Waals surface area contributed by atoms with E-state index in [1.165, 1.54) is 13.4 Å². The summed E-state index contributed by atoms with van der Waals surface area (Å²) in [6, 6.07) is 14.1. The van der Waals surface area contributed by atoms with Crippen LogP contribution in [0.4, 0.5) is 28.7 Å². The Morgan fingerprint density at radius 1 is 0.963 bits per heavy atom. The van der Waals surface area contributed by atoms with E-state index in [1.54, 1.807) is 55.6 Å². The van der Waals surface area contributed by atoms with Crippen molar-refractivity contribution in [2.45, 2.75) is 0 Å². The Morgan fingerprint density at radius 3 is 2.41 bits per heavy atom. The van der Waals surface area contributed by atoms with Crippen LogP contribution in [0.3, 0.4) is 0 Å². The van der Waals surface area contributed by atoms with Gasteiger partial charge in [0.2, 0.25) is 11.6 Å². The number of hydrogen-bond donors (Lipinski definition) is 2. The molecule has 27 heavy (non-hydrogen) atoms. The van der Waals surface area contributed by atoms with Gasteiger partial charge in [0.1, 0.15) is 17.8 Å². The Morgan fingerprint density at radius 2 is 1.70 bits per heavy atom. The lowest BCUT2D eigenvalue weighted by Gasteiger charge is -2.12. The van der Waals surface area contributed by atoms with Crippen LogP contribution in [0.1, 0.15) is 0 Å². The van der Waals surface area contributed by atoms with E-state index in [-0.39, 0.29) is 17.3 Å². The van der Waals surface area contributed by atoms with Crippen molar-refractivity contribution in [2.24, 2.45) is 0 Å². The predicted molar refractivity (Wildman–Crippen MR) is 101 cm³/mol. The fourth-order valence-electron chi connectivity index (χ4n) is 2.45. The first-order valence-electron chi connectivity index (χ1n) is 7.93. The summed E-state index contributed by atoms with van der Waals surface area (Å²) in [6.07, 6.45) is 1.24. The molecule has 0 aliphatic carbocycles. The topological polar surface area (TPSA) is 111 Å².